The highest BCUT2D eigenvalue weighted by Gasteiger charge is 2.18. The van der Waals surface area contributed by atoms with Gasteiger partial charge in [-0.25, -0.2) is 0 Å². The number of nitrogens with one attached hydrogen (secondary N) is 2. The Morgan fingerprint density at radius 2 is 2.25 bits per heavy atom. The molecule has 0 unspecified atom stereocenters. The molecule has 0 amide bonds. The van der Waals surface area contributed by atoms with E-state index < -0.39 is 0 Å². The molecule has 82 valence electrons. The number of anilines is 1. The molecule has 2 aromatic rings. The second-order valence-electron chi connectivity index (χ2n) is 3.82. The van der Waals surface area contributed by atoms with Crippen molar-refractivity contribution < 1.29 is 4.74 Å². The van der Waals surface area contributed by atoms with E-state index >= 15 is 0 Å². The molecular formula is C12H13N3O. The smallest absolute Gasteiger partial charge is 0.142 e. The Hall–Kier alpha value is -1.97. The van der Waals surface area contributed by atoms with Crippen molar-refractivity contribution in [3.05, 3.63) is 30.1 Å². The fourth-order valence-corrected chi connectivity index (χ4v) is 2.16. The fraction of sp³-hybridized carbons (Fsp3) is 0.250. The van der Waals surface area contributed by atoms with Gasteiger partial charge in [0.1, 0.15) is 5.75 Å². The number of ether oxygens (including phenoxy) is 1. The van der Waals surface area contributed by atoms with Gasteiger partial charge in [0.05, 0.1) is 19.0 Å². The van der Waals surface area contributed by atoms with Crippen LogP contribution >= 0.6 is 0 Å². The number of benzene rings is 1. The van der Waals surface area contributed by atoms with Gasteiger partial charge in [0.25, 0.3) is 0 Å². The zero-order chi connectivity index (χ0) is 11.0. The molecule has 0 spiro atoms. The molecular weight excluding hydrogens is 202 g/mol. The van der Waals surface area contributed by atoms with Crippen LogP contribution in [-0.2, 0) is 6.42 Å². The first-order valence-corrected chi connectivity index (χ1v) is 5.33. The van der Waals surface area contributed by atoms with E-state index in [0.717, 1.165) is 30.0 Å². The minimum Gasteiger partial charge on any atom is -0.495 e. The molecule has 1 aromatic heterocycles. The molecule has 0 bridgehead atoms. The number of nitrogens with zero attached hydrogens (tertiary/aromatic N) is 1. The first-order chi connectivity index (χ1) is 7.90. The molecule has 1 aromatic carbocycles. The summed E-state index contributed by atoms with van der Waals surface area (Å²) in [7, 11) is 1.69. The lowest BCUT2D eigenvalue weighted by Crippen LogP contribution is -2.04. The van der Waals surface area contributed by atoms with Crippen LogP contribution in [0.3, 0.4) is 0 Å². The van der Waals surface area contributed by atoms with Crippen LogP contribution in [0.15, 0.2) is 24.4 Å². The van der Waals surface area contributed by atoms with E-state index in [0.29, 0.717) is 0 Å². The normalized spacial score (nSPS) is 13.3. The molecule has 0 fully saturated rings. The van der Waals surface area contributed by atoms with Crippen LogP contribution in [0.25, 0.3) is 11.1 Å². The Morgan fingerprint density at radius 1 is 1.31 bits per heavy atom. The molecule has 0 atom stereocenters. The minimum absolute atomic E-state index is 0.881. The summed E-state index contributed by atoms with van der Waals surface area (Å²) >= 11 is 0. The van der Waals surface area contributed by atoms with Gasteiger partial charge in [-0.2, -0.15) is 5.10 Å². The average molecular weight is 215 g/mol. The van der Waals surface area contributed by atoms with Crippen molar-refractivity contribution in [1.29, 1.82) is 0 Å². The van der Waals surface area contributed by atoms with Gasteiger partial charge in [-0.15, -0.1) is 0 Å². The molecule has 1 aliphatic rings. The van der Waals surface area contributed by atoms with Gasteiger partial charge in [0.2, 0.25) is 0 Å². The summed E-state index contributed by atoms with van der Waals surface area (Å²) in [4.78, 5) is 0. The summed E-state index contributed by atoms with van der Waals surface area (Å²) in [6, 6.07) is 6.06. The number of hydrogen-bond donors (Lipinski definition) is 2. The molecule has 0 radical (unpaired) electrons. The number of rotatable bonds is 1. The molecule has 4 nitrogen and oxygen atoms in total. The van der Waals surface area contributed by atoms with Crippen molar-refractivity contribution in [1.82, 2.24) is 10.2 Å². The number of methoxy groups -OCH3 is 1. The maximum atomic E-state index is 5.37. The van der Waals surface area contributed by atoms with Crippen molar-refractivity contribution in [3.8, 4) is 16.9 Å². The molecule has 16 heavy (non-hydrogen) atoms. The van der Waals surface area contributed by atoms with Crippen LogP contribution in [0.1, 0.15) is 5.69 Å². The van der Waals surface area contributed by atoms with Crippen LogP contribution in [0.5, 0.6) is 5.75 Å². The van der Waals surface area contributed by atoms with Crippen LogP contribution in [0.4, 0.5) is 5.69 Å². The molecule has 2 heterocycles. The van der Waals surface area contributed by atoms with Gasteiger partial charge in [-0.05, 0) is 6.07 Å². The highest BCUT2D eigenvalue weighted by molar-refractivity contribution is 5.84. The third kappa shape index (κ3) is 1.26. The van der Waals surface area contributed by atoms with E-state index in [2.05, 4.69) is 21.6 Å². The molecule has 4 heteroatoms. The Balaban J connectivity index is 2.25. The third-order valence-corrected chi connectivity index (χ3v) is 2.93. The SMILES string of the molecule is COc1cccc2c1NCCc1[nH]ncc1-2. The molecule has 0 saturated heterocycles. The third-order valence-electron chi connectivity index (χ3n) is 2.93. The summed E-state index contributed by atoms with van der Waals surface area (Å²) in [6.07, 6.45) is 2.83. The standard InChI is InChI=1S/C12H13N3O/c1-16-11-4-2-3-8-9-7-14-15-10(9)5-6-13-12(8)11/h2-4,7,13H,5-6H2,1H3,(H,14,15). The van der Waals surface area contributed by atoms with E-state index in [1.165, 1.54) is 11.3 Å². The molecule has 0 saturated carbocycles. The lowest BCUT2D eigenvalue weighted by molar-refractivity contribution is 0.416. The Morgan fingerprint density at radius 3 is 3.12 bits per heavy atom. The van der Waals surface area contributed by atoms with Crippen molar-refractivity contribution in [2.75, 3.05) is 19.0 Å². The van der Waals surface area contributed by atoms with Crippen LogP contribution < -0.4 is 10.1 Å². The van der Waals surface area contributed by atoms with Crippen LogP contribution in [0, 0.1) is 0 Å². The lowest BCUT2D eigenvalue weighted by Gasteiger charge is -2.12. The first kappa shape index (κ1) is 9.27. The Kier molecular flexibility index (Phi) is 2.06. The van der Waals surface area contributed by atoms with Gasteiger partial charge >= 0.3 is 0 Å². The summed E-state index contributed by atoms with van der Waals surface area (Å²) in [5.74, 6) is 0.881. The summed E-state index contributed by atoms with van der Waals surface area (Å²) < 4.78 is 5.37. The van der Waals surface area contributed by atoms with Crippen molar-refractivity contribution >= 4 is 5.69 Å². The van der Waals surface area contributed by atoms with E-state index in [1.54, 1.807) is 7.11 Å². The molecule has 3 rings (SSSR count). The van der Waals surface area contributed by atoms with E-state index in [9.17, 15) is 0 Å². The predicted molar refractivity (Wildman–Crippen MR) is 62.8 cm³/mol. The summed E-state index contributed by atoms with van der Waals surface area (Å²) in [5, 5.41) is 10.6. The molecule has 2 N–H and O–H groups in total. The minimum atomic E-state index is 0.881. The van der Waals surface area contributed by atoms with Crippen LogP contribution in [-0.4, -0.2) is 23.9 Å². The second kappa shape index (κ2) is 3.56. The number of hydrogen-bond acceptors (Lipinski definition) is 3. The van der Waals surface area contributed by atoms with Gasteiger partial charge < -0.3 is 10.1 Å². The van der Waals surface area contributed by atoms with Gasteiger partial charge in [-0.1, -0.05) is 12.1 Å². The van der Waals surface area contributed by atoms with Crippen molar-refractivity contribution in [2.45, 2.75) is 6.42 Å². The highest BCUT2D eigenvalue weighted by Crippen LogP contribution is 2.38. The summed E-state index contributed by atoms with van der Waals surface area (Å²) in [5.41, 5.74) is 4.56. The van der Waals surface area contributed by atoms with E-state index in [-0.39, 0.29) is 0 Å². The number of aromatic nitrogens is 2. The monoisotopic (exact) mass is 215 g/mol. The number of H-pyrrole nitrogens is 1. The zero-order valence-corrected chi connectivity index (χ0v) is 9.08. The largest absolute Gasteiger partial charge is 0.495 e. The van der Waals surface area contributed by atoms with Gasteiger partial charge in [0, 0.05) is 29.8 Å². The Bertz CT molecular complexity index is 519. The highest BCUT2D eigenvalue weighted by atomic mass is 16.5. The van der Waals surface area contributed by atoms with Crippen molar-refractivity contribution in [3.63, 3.8) is 0 Å². The quantitative estimate of drug-likeness (QED) is 0.765. The lowest BCUT2D eigenvalue weighted by atomic mass is 10.0. The Labute approximate surface area is 93.6 Å². The topological polar surface area (TPSA) is 49.9 Å². The summed E-state index contributed by atoms with van der Waals surface area (Å²) in [6.45, 7) is 0.891. The van der Waals surface area contributed by atoms with Crippen molar-refractivity contribution in [2.24, 2.45) is 0 Å². The first-order valence-electron chi connectivity index (χ1n) is 5.33. The zero-order valence-electron chi connectivity index (χ0n) is 9.08. The maximum absolute atomic E-state index is 5.37. The number of aromatic amines is 1. The van der Waals surface area contributed by atoms with E-state index in [1.807, 2.05) is 18.3 Å². The van der Waals surface area contributed by atoms with Gasteiger partial charge in [-0.3, -0.25) is 5.10 Å². The molecule has 1 aliphatic heterocycles. The van der Waals surface area contributed by atoms with Crippen LogP contribution in [0.2, 0.25) is 0 Å². The predicted octanol–water partition coefficient (Wildman–Crippen LogP) is 2.05. The molecule has 0 aliphatic carbocycles. The average Bonchev–Trinajstić information content (AvgIpc) is 2.71. The fourth-order valence-electron chi connectivity index (χ4n) is 2.16. The number of para-hydroxylation sites is 1. The van der Waals surface area contributed by atoms with Gasteiger partial charge in [0.15, 0.2) is 0 Å². The second-order valence-corrected chi connectivity index (χ2v) is 3.82. The number of fused-ring (bicyclic) bond motifs is 3. The van der Waals surface area contributed by atoms with E-state index in [4.69, 9.17) is 4.74 Å². The maximum Gasteiger partial charge on any atom is 0.142 e.